The molecule has 0 unspecified atom stereocenters. The number of amides is 1. The van der Waals surface area contributed by atoms with Crippen LogP contribution in [0.4, 0.5) is 5.82 Å². The van der Waals surface area contributed by atoms with Crippen LogP contribution in [0, 0.1) is 10.1 Å². The van der Waals surface area contributed by atoms with E-state index in [2.05, 4.69) is 16.4 Å². The van der Waals surface area contributed by atoms with Crippen LogP contribution in [0.1, 0.15) is 32.1 Å². The van der Waals surface area contributed by atoms with Crippen molar-refractivity contribution in [3.8, 4) is 5.75 Å². The van der Waals surface area contributed by atoms with E-state index in [0.717, 1.165) is 19.3 Å². The van der Waals surface area contributed by atoms with Crippen molar-refractivity contribution in [2.45, 2.75) is 32.1 Å². The first kappa shape index (κ1) is 15.9. The van der Waals surface area contributed by atoms with Gasteiger partial charge in [0.1, 0.15) is 6.20 Å². The van der Waals surface area contributed by atoms with Crippen LogP contribution < -0.4 is 10.1 Å². The number of carbonyl (C=O) groups excluding carboxylic acids is 1. The third-order valence-corrected chi connectivity index (χ3v) is 3.44. The van der Waals surface area contributed by atoms with Crippen molar-refractivity contribution in [1.82, 2.24) is 10.3 Å². The van der Waals surface area contributed by atoms with Crippen LogP contribution in [0.15, 0.2) is 30.0 Å². The molecule has 2 rings (SSSR count). The lowest BCUT2D eigenvalue weighted by molar-refractivity contribution is -0.390. The summed E-state index contributed by atoms with van der Waals surface area (Å²) in [7, 11) is 0. The van der Waals surface area contributed by atoms with Crippen LogP contribution in [0.5, 0.6) is 5.75 Å². The summed E-state index contributed by atoms with van der Waals surface area (Å²) in [6.07, 6.45) is 9.08. The van der Waals surface area contributed by atoms with Gasteiger partial charge in [0.2, 0.25) is 5.75 Å². The van der Waals surface area contributed by atoms with Gasteiger partial charge in [-0.3, -0.25) is 4.79 Å². The highest BCUT2D eigenvalue weighted by atomic mass is 16.6. The molecule has 7 heteroatoms. The number of hydrogen-bond acceptors (Lipinski definition) is 5. The SMILES string of the molecule is O=C(COc1cccnc1[N+](=O)[O-])NCCC1=CCCCC1. The molecule has 7 nitrogen and oxygen atoms in total. The van der Waals surface area contributed by atoms with Crippen LogP contribution in [0.25, 0.3) is 0 Å². The molecule has 118 valence electrons. The highest BCUT2D eigenvalue weighted by Crippen LogP contribution is 2.22. The van der Waals surface area contributed by atoms with Crippen LogP contribution >= 0.6 is 0 Å². The Morgan fingerprint density at radius 1 is 1.45 bits per heavy atom. The predicted molar refractivity (Wildman–Crippen MR) is 80.6 cm³/mol. The van der Waals surface area contributed by atoms with E-state index in [-0.39, 0.29) is 24.1 Å². The molecule has 22 heavy (non-hydrogen) atoms. The van der Waals surface area contributed by atoms with Crippen molar-refractivity contribution < 1.29 is 14.5 Å². The number of aromatic nitrogens is 1. The topological polar surface area (TPSA) is 94.4 Å². The number of pyridine rings is 1. The first-order chi connectivity index (χ1) is 10.7. The minimum absolute atomic E-state index is 0.00219. The van der Waals surface area contributed by atoms with Gasteiger partial charge in [-0.15, -0.1) is 0 Å². The van der Waals surface area contributed by atoms with Gasteiger partial charge in [-0.05, 0) is 54.1 Å². The van der Waals surface area contributed by atoms with E-state index in [1.54, 1.807) is 0 Å². The number of hydrogen-bond donors (Lipinski definition) is 1. The van der Waals surface area contributed by atoms with Gasteiger partial charge in [0, 0.05) is 6.54 Å². The second kappa shape index (κ2) is 8.11. The molecule has 0 spiro atoms. The Morgan fingerprint density at radius 2 is 2.32 bits per heavy atom. The summed E-state index contributed by atoms with van der Waals surface area (Å²) < 4.78 is 5.17. The van der Waals surface area contributed by atoms with Crippen molar-refractivity contribution in [2.24, 2.45) is 0 Å². The van der Waals surface area contributed by atoms with E-state index in [9.17, 15) is 14.9 Å². The zero-order valence-electron chi connectivity index (χ0n) is 12.3. The fourth-order valence-corrected chi connectivity index (χ4v) is 2.32. The zero-order valence-corrected chi connectivity index (χ0v) is 12.3. The smallest absolute Gasteiger partial charge is 0.406 e. The van der Waals surface area contributed by atoms with Crippen molar-refractivity contribution in [1.29, 1.82) is 0 Å². The molecule has 0 fully saturated rings. The Labute approximate surface area is 128 Å². The first-order valence-electron chi connectivity index (χ1n) is 7.33. The molecule has 0 radical (unpaired) electrons. The van der Waals surface area contributed by atoms with E-state index in [0.29, 0.717) is 6.54 Å². The number of nitro groups is 1. The molecule has 0 saturated carbocycles. The van der Waals surface area contributed by atoms with Gasteiger partial charge in [0.15, 0.2) is 6.61 Å². The maximum atomic E-state index is 11.7. The lowest BCUT2D eigenvalue weighted by Crippen LogP contribution is -2.30. The molecule has 1 heterocycles. The minimum Gasteiger partial charge on any atom is -0.476 e. The number of allylic oxidation sites excluding steroid dienone is 1. The quantitative estimate of drug-likeness (QED) is 0.474. The summed E-state index contributed by atoms with van der Waals surface area (Å²) in [6, 6.07) is 2.95. The average molecular weight is 305 g/mol. The Kier molecular flexibility index (Phi) is 5.88. The summed E-state index contributed by atoms with van der Waals surface area (Å²) in [6.45, 7) is 0.300. The molecule has 0 aromatic carbocycles. The largest absolute Gasteiger partial charge is 0.476 e. The van der Waals surface area contributed by atoms with Crippen molar-refractivity contribution in [3.63, 3.8) is 0 Å². The monoisotopic (exact) mass is 305 g/mol. The molecular weight excluding hydrogens is 286 g/mol. The molecule has 0 aliphatic heterocycles. The lowest BCUT2D eigenvalue weighted by atomic mass is 9.97. The summed E-state index contributed by atoms with van der Waals surface area (Å²) in [5.41, 5.74) is 1.38. The van der Waals surface area contributed by atoms with Crippen LogP contribution in [-0.2, 0) is 4.79 Å². The van der Waals surface area contributed by atoms with Crippen LogP contribution in [-0.4, -0.2) is 29.0 Å². The standard InChI is InChI=1S/C15H19N3O4/c19-14(16-10-8-12-5-2-1-3-6-12)11-22-13-7-4-9-17-15(13)18(20)21/h4-5,7,9H,1-3,6,8,10-11H2,(H,16,19). The Morgan fingerprint density at radius 3 is 3.05 bits per heavy atom. The summed E-state index contributed by atoms with van der Waals surface area (Å²) in [5.74, 6) is -0.685. The maximum Gasteiger partial charge on any atom is 0.406 e. The Bertz CT molecular complexity index is 572. The third-order valence-electron chi connectivity index (χ3n) is 3.44. The second-order valence-corrected chi connectivity index (χ2v) is 5.08. The lowest BCUT2D eigenvalue weighted by Gasteiger charge is -2.13. The van der Waals surface area contributed by atoms with Crippen LogP contribution in [0.3, 0.4) is 0 Å². The zero-order chi connectivity index (χ0) is 15.8. The molecule has 0 saturated heterocycles. The maximum absolute atomic E-state index is 11.7. The first-order valence-corrected chi connectivity index (χ1v) is 7.33. The highest BCUT2D eigenvalue weighted by molar-refractivity contribution is 5.77. The molecule has 1 aliphatic carbocycles. The number of nitrogens with zero attached hydrogens (tertiary/aromatic N) is 2. The molecule has 1 aromatic rings. The molecule has 1 amide bonds. The number of ether oxygens (including phenoxy) is 1. The van der Waals surface area contributed by atoms with Gasteiger partial charge in [-0.25, -0.2) is 0 Å². The highest BCUT2D eigenvalue weighted by Gasteiger charge is 2.16. The summed E-state index contributed by atoms with van der Waals surface area (Å²) >= 11 is 0. The van der Waals surface area contributed by atoms with Crippen LogP contribution in [0.2, 0.25) is 0 Å². The molecular formula is C15H19N3O4. The van der Waals surface area contributed by atoms with E-state index < -0.39 is 4.92 Å². The van der Waals surface area contributed by atoms with Crippen molar-refractivity contribution >= 4 is 11.7 Å². The molecule has 1 aliphatic rings. The van der Waals surface area contributed by atoms with Gasteiger partial charge < -0.3 is 20.2 Å². The van der Waals surface area contributed by atoms with Gasteiger partial charge >= 0.3 is 5.82 Å². The van der Waals surface area contributed by atoms with E-state index in [1.807, 2.05) is 0 Å². The van der Waals surface area contributed by atoms with E-state index >= 15 is 0 Å². The Balaban J connectivity index is 1.74. The Hall–Kier alpha value is -2.44. The number of carbonyl (C=O) groups is 1. The number of nitrogens with one attached hydrogen (secondary N) is 1. The normalized spacial score (nSPS) is 14.1. The summed E-state index contributed by atoms with van der Waals surface area (Å²) in [4.78, 5) is 25.4. The molecule has 0 bridgehead atoms. The van der Waals surface area contributed by atoms with Crippen molar-refractivity contribution in [3.05, 3.63) is 40.1 Å². The average Bonchev–Trinajstić information content (AvgIpc) is 2.54. The van der Waals surface area contributed by atoms with Gasteiger partial charge in [-0.1, -0.05) is 11.6 Å². The van der Waals surface area contributed by atoms with Crippen molar-refractivity contribution in [2.75, 3.05) is 13.2 Å². The fraction of sp³-hybridized carbons (Fsp3) is 0.467. The molecule has 1 N–H and O–H groups in total. The minimum atomic E-state index is -0.636. The number of rotatable bonds is 7. The van der Waals surface area contributed by atoms with E-state index in [4.69, 9.17) is 4.74 Å². The molecule has 1 aromatic heterocycles. The van der Waals surface area contributed by atoms with Gasteiger partial charge in [0.05, 0.1) is 0 Å². The third kappa shape index (κ3) is 4.83. The fourth-order valence-electron chi connectivity index (χ4n) is 2.32. The van der Waals surface area contributed by atoms with Gasteiger partial charge in [0.25, 0.3) is 5.91 Å². The van der Waals surface area contributed by atoms with Gasteiger partial charge in [-0.2, -0.15) is 0 Å². The van der Waals surface area contributed by atoms with E-state index in [1.165, 1.54) is 36.7 Å². The second-order valence-electron chi connectivity index (χ2n) is 5.08. The predicted octanol–water partition coefficient (Wildman–Crippen LogP) is 2.38. The summed E-state index contributed by atoms with van der Waals surface area (Å²) in [5, 5.41) is 13.5. The molecule has 0 atom stereocenters.